The first-order chi connectivity index (χ1) is 10.3. The van der Waals surface area contributed by atoms with Gasteiger partial charge in [0.15, 0.2) is 0 Å². The number of rotatable bonds is 3. The van der Waals surface area contributed by atoms with Gasteiger partial charge in [0.1, 0.15) is 0 Å². The van der Waals surface area contributed by atoms with Crippen molar-refractivity contribution in [1.82, 2.24) is 4.90 Å². The maximum Gasteiger partial charge on any atom is 0.308 e. The predicted molar refractivity (Wildman–Crippen MR) is 81.2 cm³/mol. The number of halogens is 1. The Morgan fingerprint density at radius 1 is 1.14 bits per heavy atom. The Morgan fingerprint density at radius 3 is 2.23 bits per heavy atom. The number of benzene rings is 2. The number of nitro groups is 1. The summed E-state index contributed by atoms with van der Waals surface area (Å²) in [7, 11) is 3.31. The molecule has 0 saturated heterocycles. The van der Waals surface area contributed by atoms with Gasteiger partial charge in [-0.25, -0.2) is 0 Å². The lowest BCUT2D eigenvalue weighted by Crippen LogP contribution is -2.21. The second-order valence-corrected chi connectivity index (χ2v) is 5.10. The molecule has 2 rings (SSSR count). The molecule has 0 saturated carbocycles. The molecule has 114 valence electrons. The van der Waals surface area contributed by atoms with Gasteiger partial charge in [-0.15, -0.1) is 0 Å². The number of carbonyl (C=O) groups excluding carboxylic acids is 1. The van der Waals surface area contributed by atoms with Crippen LogP contribution in [-0.2, 0) is 0 Å². The topological polar surface area (TPSA) is 63.5 Å². The highest BCUT2D eigenvalue weighted by Crippen LogP contribution is 2.32. The van der Waals surface area contributed by atoms with Crippen LogP contribution in [0.3, 0.4) is 0 Å². The van der Waals surface area contributed by atoms with E-state index in [0.717, 1.165) is 6.07 Å². The fraction of sp³-hybridized carbons (Fsp3) is 0.188. The predicted octanol–water partition coefficient (Wildman–Crippen LogP) is 3.41. The highest BCUT2D eigenvalue weighted by Gasteiger charge is 2.21. The molecule has 0 bridgehead atoms. The molecular weight excluding hydrogens is 287 g/mol. The van der Waals surface area contributed by atoms with Gasteiger partial charge in [0, 0.05) is 25.2 Å². The van der Waals surface area contributed by atoms with Crippen LogP contribution < -0.4 is 0 Å². The second kappa shape index (κ2) is 5.93. The Hall–Kier alpha value is -2.76. The van der Waals surface area contributed by atoms with Gasteiger partial charge < -0.3 is 4.90 Å². The van der Waals surface area contributed by atoms with Gasteiger partial charge in [-0.1, -0.05) is 18.2 Å². The Morgan fingerprint density at radius 2 is 1.73 bits per heavy atom. The largest absolute Gasteiger partial charge is 0.345 e. The Bertz CT molecular complexity index is 740. The van der Waals surface area contributed by atoms with Crippen molar-refractivity contribution < 1.29 is 14.1 Å². The number of hydrogen-bond acceptors (Lipinski definition) is 3. The summed E-state index contributed by atoms with van der Waals surface area (Å²) in [6, 6.07) is 9.26. The monoisotopic (exact) mass is 302 g/mol. The summed E-state index contributed by atoms with van der Waals surface area (Å²) in [5, 5.41) is 11.0. The summed E-state index contributed by atoms with van der Waals surface area (Å²) >= 11 is 0. The van der Waals surface area contributed by atoms with Crippen LogP contribution in [0.4, 0.5) is 10.1 Å². The molecule has 0 unspecified atom stereocenters. The Balaban J connectivity index is 2.47. The number of nitrogens with zero attached hydrogens (tertiary/aromatic N) is 2. The van der Waals surface area contributed by atoms with Crippen molar-refractivity contribution in [1.29, 1.82) is 0 Å². The molecule has 0 radical (unpaired) electrons. The summed E-state index contributed by atoms with van der Waals surface area (Å²) in [6.07, 6.45) is 0. The fourth-order valence-electron chi connectivity index (χ4n) is 2.25. The molecule has 0 aliphatic heterocycles. The molecule has 2 aromatic rings. The lowest BCUT2D eigenvalue weighted by Gasteiger charge is -2.11. The van der Waals surface area contributed by atoms with Crippen LogP contribution in [0.2, 0.25) is 0 Å². The van der Waals surface area contributed by atoms with Crippen molar-refractivity contribution in [3.8, 4) is 11.1 Å². The van der Waals surface area contributed by atoms with E-state index in [4.69, 9.17) is 0 Å². The average Bonchev–Trinajstić information content (AvgIpc) is 2.46. The molecule has 0 N–H and O–H groups in total. The smallest absolute Gasteiger partial charge is 0.308 e. The molecule has 2 aromatic carbocycles. The van der Waals surface area contributed by atoms with Gasteiger partial charge in [0.2, 0.25) is 5.82 Å². The van der Waals surface area contributed by atoms with Crippen LogP contribution in [-0.4, -0.2) is 29.8 Å². The van der Waals surface area contributed by atoms with E-state index in [1.807, 2.05) is 0 Å². The minimum absolute atomic E-state index is 0.131. The van der Waals surface area contributed by atoms with Crippen molar-refractivity contribution in [3.63, 3.8) is 0 Å². The van der Waals surface area contributed by atoms with Crippen LogP contribution in [0, 0.1) is 22.9 Å². The molecule has 0 fully saturated rings. The summed E-state index contributed by atoms with van der Waals surface area (Å²) in [5.74, 6) is -0.987. The minimum Gasteiger partial charge on any atom is -0.345 e. The van der Waals surface area contributed by atoms with E-state index in [9.17, 15) is 19.3 Å². The summed E-state index contributed by atoms with van der Waals surface area (Å²) < 4.78 is 13.6. The summed E-state index contributed by atoms with van der Waals surface area (Å²) in [6.45, 7) is 1.51. The molecule has 5 nitrogen and oxygen atoms in total. The van der Waals surface area contributed by atoms with Gasteiger partial charge in [-0.2, -0.15) is 4.39 Å². The fourth-order valence-corrected chi connectivity index (χ4v) is 2.25. The molecular formula is C16H15FN2O3. The van der Waals surface area contributed by atoms with Crippen LogP contribution in [0.1, 0.15) is 15.9 Å². The van der Waals surface area contributed by atoms with Gasteiger partial charge in [0.25, 0.3) is 5.91 Å². The second-order valence-electron chi connectivity index (χ2n) is 5.10. The lowest BCUT2D eigenvalue weighted by molar-refractivity contribution is -0.388. The van der Waals surface area contributed by atoms with Crippen LogP contribution in [0.15, 0.2) is 36.4 Å². The highest BCUT2D eigenvalue weighted by molar-refractivity contribution is 5.94. The summed E-state index contributed by atoms with van der Waals surface area (Å²) in [4.78, 5) is 23.5. The standard InChI is InChI=1S/C16H15FN2O3/c1-10-13(8-9-14(17)15(10)19(21)22)11-4-6-12(7-5-11)16(20)18(2)3/h4-9H,1-3H3. The summed E-state index contributed by atoms with van der Waals surface area (Å²) in [5.41, 5.74) is 1.51. The zero-order valence-corrected chi connectivity index (χ0v) is 12.5. The molecule has 0 aliphatic rings. The first-order valence-electron chi connectivity index (χ1n) is 6.58. The lowest BCUT2D eigenvalue weighted by atomic mass is 9.98. The molecule has 0 aliphatic carbocycles. The van der Waals surface area contributed by atoms with E-state index in [1.165, 1.54) is 17.9 Å². The van der Waals surface area contributed by atoms with E-state index < -0.39 is 16.4 Å². The van der Waals surface area contributed by atoms with E-state index in [1.54, 1.807) is 38.4 Å². The zero-order valence-electron chi connectivity index (χ0n) is 12.5. The van der Waals surface area contributed by atoms with Gasteiger partial charge in [-0.05, 0) is 36.2 Å². The maximum absolute atomic E-state index is 13.6. The first kappa shape index (κ1) is 15.6. The zero-order chi connectivity index (χ0) is 16.4. The Kier molecular flexibility index (Phi) is 4.21. The van der Waals surface area contributed by atoms with Crippen molar-refractivity contribution in [3.05, 3.63) is 63.5 Å². The molecule has 0 heterocycles. The molecule has 0 aromatic heterocycles. The third-order valence-corrected chi connectivity index (χ3v) is 3.41. The number of carbonyl (C=O) groups is 1. The molecule has 0 spiro atoms. The number of hydrogen-bond donors (Lipinski definition) is 0. The third-order valence-electron chi connectivity index (χ3n) is 3.41. The van der Waals surface area contributed by atoms with Crippen molar-refractivity contribution in [2.45, 2.75) is 6.92 Å². The van der Waals surface area contributed by atoms with Gasteiger partial charge in [-0.3, -0.25) is 14.9 Å². The SMILES string of the molecule is Cc1c(-c2ccc(C(=O)N(C)C)cc2)ccc(F)c1[N+](=O)[O-]. The van der Waals surface area contributed by atoms with Gasteiger partial charge in [0.05, 0.1) is 4.92 Å². The Labute approximate surface area is 127 Å². The van der Waals surface area contributed by atoms with E-state index in [-0.39, 0.29) is 11.5 Å². The third kappa shape index (κ3) is 2.81. The molecule has 22 heavy (non-hydrogen) atoms. The number of nitro benzene ring substituents is 1. The average molecular weight is 302 g/mol. The van der Waals surface area contributed by atoms with Crippen molar-refractivity contribution in [2.75, 3.05) is 14.1 Å². The molecule has 6 heteroatoms. The quantitative estimate of drug-likeness (QED) is 0.644. The van der Waals surface area contributed by atoms with Crippen LogP contribution in [0.5, 0.6) is 0 Å². The van der Waals surface area contributed by atoms with E-state index in [0.29, 0.717) is 16.7 Å². The van der Waals surface area contributed by atoms with Crippen molar-refractivity contribution >= 4 is 11.6 Å². The normalized spacial score (nSPS) is 10.4. The van der Waals surface area contributed by atoms with E-state index >= 15 is 0 Å². The van der Waals surface area contributed by atoms with Crippen LogP contribution >= 0.6 is 0 Å². The minimum atomic E-state index is -0.856. The molecule has 1 amide bonds. The first-order valence-corrected chi connectivity index (χ1v) is 6.58. The van der Waals surface area contributed by atoms with Crippen molar-refractivity contribution in [2.24, 2.45) is 0 Å². The molecule has 0 atom stereocenters. The van der Waals surface area contributed by atoms with E-state index in [2.05, 4.69) is 0 Å². The van der Waals surface area contributed by atoms with Crippen LogP contribution in [0.25, 0.3) is 11.1 Å². The maximum atomic E-state index is 13.6. The van der Waals surface area contributed by atoms with Gasteiger partial charge >= 0.3 is 5.69 Å². The highest BCUT2D eigenvalue weighted by atomic mass is 19.1. The number of amides is 1.